The minimum absolute atomic E-state index is 0.0867. The van der Waals surface area contributed by atoms with Gasteiger partial charge in [-0.05, 0) is 20.3 Å². The summed E-state index contributed by atoms with van der Waals surface area (Å²) in [6.45, 7) is 8.76. The Kier molecular flexibility index (Phi) is 4.88. The number of hydrogen-bond donors (Lipinski definition) is 2. The SMILES string of the molecule is CCCCNC(=O)N1CC(C)NC(C)C1. The number of piperazine rings is 1. The van der Waals surface area contributed by atoms with E-state index in [1.54, 1.807) is 0 Å². The molecular formula is C11H23N3O. The molecule has 2 unspecified atom stereocenters. The Morgan fingerprint density at radius 2 is 2.00 bits per heavy atom. The van der Waals surface area contributed by atoms with Gasteiger partial charge in [-0.2, -0.15) is 0 Å². The lowest BCUT2D eigenvalue weighted by Gasteiger charge is -2.36. The highest BCUT2D eigenvalue weighted by molar-refractivity contribution is 5.74. The van der Waals surface area contributed by atoms with E-state index in [4.69, 9.17) is 0 Å². The number of carbonyl (C=O) groups excluding carboxylic acids is 1. The maximum absolute atomic E-state index is 11.8. The lowest BCUT2D eigenvalue weighted by Crippen LogP contribution is -2.57. The molecule has 4 nitrogen and oxygen atoms in total. The van der Waals surface area contributed by atoms with E-state index >= 15 is 0 Å². The van der Waals surface area contributed by atoms with Crippen LogP contribution in [0.2, 0.25) is 0 Å². The van der Waals surface area contributed by atoms with Gasteiger partial charge in [0.1, 0.15) is 0 Å². The number of amides is 2. The summed E-state index contributed by atoms with van der Waals surface area (Å²) in [7, 11) is 0. The zero-order valence-electron chi connectivity index (χ0n) is 10.0. The van der Waals surface area contributed by atoms with Crippen molar-refractivity contribution in [3.63, 3.8) is 0 Å². The van der Waals surface area contributed by atoms with Crippen molar-refractivity contribution in [2.24, 2.45) is 0 Å². The van der Waals surface area contributed by atoms with Crippen LogP contribution in [0.3, 0.4) is 0 Å². The average Bonchev–Trinajstić information content (AvgIpc) is 2.16. The first kappa shape index (κ1) is 12.3. The molecule has 1 heterocycles. The molecule has 0 aliphatic carbocycles. The topological polar surface area (TPSA) is 44.4 Å². The van der Waals surface area contributed by atoms with Crippen LogP contribution in [-0.4, -0.2) is 42.6 Å². The molecule has 15 heavy (non-hydrogen) atoms. The van der Waals surface area contributed by atoms with Crippen molar-refractivity contribution in [2.75, 3.05) is 19.6 Å². The van der Waals surface area contributed by atoms with E-state index in [2.05, 4.69) is 31.4 Å². The minimum Gasteiger partial charge on any atom is -0.338 e. The molecule has 0 aromatic heterocycles. The summed E-state index contributed by atoms with van der Waals surface area (Å²) >= 11 is 0. The van der Waals surface area contributed by atoms with Gasteiger partial charge in [0.25, 0.3) is 0 Å². The molecule has 0 aromatic rings. The molecule has 1 aliphatic rings. The second-order valence-corrected chi connectivity index (χ2v) is 4.46. The Balaban J connectivity index is 2.31. The molecule has 0 spiro atoms. The van der Waals surface area contributed by atoms with Crippen molar-refractivity contribution >= 4 is 6.03 Å². The summed E-state index contributed by atoms with van der Waals surface area (Å²) in [6.07, 6.45) is 2.18. The Morgan fingerprint density at radius 1 is 1.40 bits per heavy atom. The van der Waals surface area contributed by atoms with Gasteiger partial charge < -0.3 is 15.5 Å². The predicted molar refractivity (Wildman–Crippen MR) is 61.9 cm³/mol. The van der Waals surface area contributed by atoms with Crippen LogP contribution in [0.4, 0.5) is 4.79 Å². The summed E-state index contributed by atoms with van der Waals surface area (Å²) in [6, 6.07) is 0.875. The van der Waals surface area contributed by atoms with Gasteiger partial charge in [-0.1, -0.05) is 13.3 Å². The van der Waals surface area contributed by atoms with E-state index in [0.717, 1.165) is 32.5 Å². The van der Waals surface area contributed by atoms with Gasteiger partial charge in [-0.15, -0.1) is 0 Å². The fourth-order valence-corrected chi connectivity index (χ4v) is 1.98. The summed E-state index contributed by atoms with van der Waals surface area (Å²) in [5.74, 6) is 0. The van der Waals surface area contributed by atoms with Gasteiger partial charge >= 0.3 is 6.03 Å². The second-order valence-electron chi connectivity index (χ2n) is 4.46. The van der Waals surface area contributed by atoms with Crippen molar-refractivity contribution in [3.8, 4) is 0 Å². The smallest absolute Gasteiger partial charge is 0.317 e. The molecule has 0 saturated carbocycles. The molecule has 1 saturated heterocycles. The quantitative estimate of drug-likeness (QED) is 0.691. The maximum atomic E-state index is 11.8. The average molecular weight is 213 g/mol. The Morgan fingerprint density at radius 3 is 2.53 bits per heavy atom. The van der Waals surface area contributed by atoms with Crippen LogP contribution in [-0.2, 0) is 0 Å². The van der Waals surface area contributed by atoms with E-state index in [-0.39, 0.29) is 6.03 Å². The molecule has 0 radical (unpaired) electrons. The highest BCUT2D eigenvalue weighted by Gasteiger charge is 2.24. The molecule has 4 heteroatoms. The largest absolute Gasteiger partial charge is 0.338 e. The Hall–Kier alpha value is -0.770. The van der Waals surface area contributed by atoms with Crippen molar-refractivity contribution < 1.29 is 4.79 Å². The van der Waals surface area contributed by atoms with Gasteiger partial charge in [0.15, 0.2) is 0 Å². The molecule has 2 N–H and O–H groups in total. The van der Waals surface area contributed by atoms with E-state index in [9.17, 15) is 4.79 Å². The number of hydrogen-bond acceptors (Lipinski definition) is 2. The van der Waals surface area contributed by atoms with Crippen LogP contribution in [0.25, 0.3) is 0 Å². The third-order valence-corrected chi connectivity index (χ3v) is 2.65. The van der Waals surface area contributed by atoms with Crippen LogP contribution in [0.5, 0.6) is 0 Å². The number of rotatable bonds is 3. The molecule has 1 aliphatic heterocycles. The monoisotopic (exact) mass is 213 g/mol. The van der Waals surface area contributed by atoms with Crippen molar-refractivity contribution in [3.05, 3.63) is 0 Å². The summed E-state index contributed by atoms with van der Waals surface area (Å²) < 4.78 is 0. The van der Waals surface area contributed by atoms with E-state index < -0.39 is 0 Å². The third kappa shape index (κ3) is 4.08. The van der Waals surface area contributed by atoms with Crippen LogP contribution >= 0.6 is 0 Å². The molecule has 1 fully saturated rings. The normalized spacial score (nSPS) is 26.5. The molecule has 0 aromatic carbocycles. The van der Waals surface area contributed by atoms with Crippen molar-refractivity contribution in [2.45, 2.75) is 45.7 Å². The predicted octanol–water partition coefficient (Wildman–Crippen LogP) is 1.18. The van der Waals surface area contributed by atoms with Gasteiger partial charge in [0.05, 0.1) is 0 Å². The first-order valence-corrected chi connectivity index (χ1v) is 5.92. The Bertz CT molecular complexity index is 198. The summed E-state index contributed by atoms with van der Waals surface area (Å²) in [5, 5.41) is 6.36. The van der Waals surface area contributed by atoms with Crippen molar-refractivity contribution in [1.29, 1.82) is 0 Å². The molecule has 1 rings (SSSR count). The second kappa shape index (κ2) is 5.95. The molecule has 0 bridgehead atoms. The number of nitrogens with zero attached hydrogens (tertiary/aromatic N) is 1. The van der Waals surface area contributed by atoms with E-state index in [0.29, 0.717) is 12.1 Å². The fourth-order valence-electron chi connectivity index (χ4n) is 1.98. The first-order valence-electron chi connectivity index (χ1n) is 5.92. The molecular weight excluding hydrogens is 190 g/mol. The number of urea groups is 1. The summed E-state index contributed by atoms with van der Waals surface area (Å²) in [4.78, 5) is 13.7. The van der Waals surface area contributed by atoms with Gasteiger partial charge in [-0.3, -0.25) is 0 Å². The lowest BCUT2D eigenvalue weighted by atomic mass is 10.1. The zero-order chi connectivity index (χ0) is 11.3. The van der Waals surface area contributed by atoms with Crippen molar-refractivity contribution in [1.82, 2.24) is 15.5 Å². The number of unbranched alkanes of at least 4 members (excludes halogenated alkanes) is 1. The molecule has 2 amide bonds. The summed E-state index contributed by atoms with van der Waals surface area (Å²) in [5.41, 5.74) is 0. The van der Waals surface area contributed by atoms with E-state index in [1.165, 1.54) is 0 Å². The number of nitrogens with one attached hydrogen (secondary N) is 2. The third-order valence-electron chi connectivity index (χ3n) is 2.65. The zero-order valence-corrected chi connectivity index (χ0v) is 10.0. The fraction of sp³-hybridized carbons (Fsp3) is 0.909. The van der Waals surface area contributed by atoms with Crippen LogP contribution in [0.1, 0.15) is 33.6 Å². The highest BCUT2D eigenvalue weighted by Crippen LogP contribution is 2.03. The van der Waals surface area contributed by atoms with Gasteiger partial charge in [0.2, 0.25) is 0 Å². The van der Waals surface area contributed by atoms with Crippen LogP contribution in [0.15, 0.2) is 0 Å². The lowest BCUT2D eigenvalue weighted by molar-refractivity contribution is 0.165. The highest BCUT2D eigenvalue weighted by atomic mass is 16.2. The molecule has 2 atom stereocenters. The van der Waals surface area contributed by atoms with Crippen LogP contribution in [0, 0.1) is 0 Å². The van der Waals surface area contributed by atoms with Crippen LogP contribution < -0.4 is 10.6 Å². The molecule has 88 valence electrons. The Labute approximate surface area is 92.4 Å². The first-order chi connectivity index (χ1) is 7.13. The number of carbonyl (C=O) groups is 1. The van der Waals surface area contributed by atoms with E-state index in [1.807, 2.05) is 4.90 Å². The van der Waals surface area contributed by atoms with Gasteiger partial charge in [0, 0.05) is 31.7 Å². The standard InChI is InChI=1S/C11H23N3O/c1-4-5-6-12-11(15)14-7-9(2)13-10(3)8-14/h9-10,13H,4-8H2,1-3H3,(H,12,15). The van der Waals surface area contributed by atoms with Gasteiger partial charge in [-0.25, -0.2) is 4.79 Å². The maximum Gasteiger partial charge on any atom is 0.317 e. The minimum atomic E-state index is 0.0867.